The number of hydrogen-bond acceptors (Lipinski definition) is 4. The molecule has 1 aromatic rings. The van der Waals surface area contributed by atoms with Crippen LogP contribution in [0.25, 0.3) is 0 Å². The Hall–Kier alpha value is -1.20. The molecule has 3 fully saturated rings. The fraction of sp³-hybridized carbons (Fsp3) is 0.682. The van der Waals surface area contributed by atoms with Crippen molar-refractivity contribution in [2.24, 2.45) is 0 Å². The standard InChI is InChI=1S/C22H32N2O2S/c25-22(24-12-4-1-5-13-24)20-6-2-3-7-21(20)26-19-8-14-23(15-9-19)18-10-16-27-17-11-18/h2-3,6-7,18-19H,1,4-5,8-17H2. The summed E-state index contributed by atoms with van der Waals surface area (Å²) in [7, 11) is 0. The van der Waals surface area contributed by atoms with Crippen molar-refractivity contribution in [1.82, 2.24) is 9.80 Å². The fourth-order valence-electron chi connectivity index (χ4n) is 4.60. The number of carbonyl (C=O) groups excluding carboxylic acids is 1. The van der Waals surface area contributed by atoms with E-state index in [2.05, 4.69) is 16.7 Å². The summed E-state index contributed by atoms with van der Waals surface area (Å²) in [6.07, 6.45) is 8.51. The molecule has 0 saturated carbocycles. The molecule has 3 aliphatic rings. The Balaban J connectivity index is 1.35. The van der Waals surface area contributed by atoms with Crippen molar-refractivity contribution in [3.05, 3.63) is 29.8 Å². The van der Waals surface area contributed by atoms with E-state index in [1.165, 1.54) is 30.8 Å². The molecular formula is C22H32N2O2S. The molecule has 0 aliphatic carbocycles. The lowest BCUT2D eigenvalue weighted by Crippen LogP contribution is -2.45. The van der Waals surface area contributed by atoms with E-state index in [-0.39, 0.29) is 12.0 Å². The van der Waals surface area contributed by atoms with Crippen molar-refractivity contribution in [3.63, 3.8) is 0 Å². The zero-order valence-corrected chi connectivity index (χ0v) is 17.1. The molecule has 3 heterocycles. The lowest BCUT2D eigenvalue weighted by Gasteiger charge is -2.39. The van der Waals surface area contributed by atoms with Gasteiger partial charge in [-0.3, -0.25) is 4.79 Å². The SMILES string of the molecule is O=C(c1ccccc1OC1CCN(C2CCSCC2)CC1)N1CCCCC1. The number of nitrogens with zero attached hydrogens (tertiary/aromatic N) is 2. The average molecular weight is 389 g/mol. The Bertz CT molecular complexity index is 618. The summed E-state index contributed by atoms with van der Waals surface area (Å²) >= 11 is 2.09. The molecule has 3 saturated heterocycles. The molecule has 0 bridgehead atoms. The van der Waals surface area contributed by atoms with Crippen LogP contribution < -0.4 is 4.74 Å². The molecule has 1 amide bonds. The maximum atomic E-state index is 13.0. The normalized spacial score (nSPS) is 23.3. The number of para-hydroxylation sites is 1. The minimum Gasteiger partial charge on any atom is -0.489 e. The van der Waals surface area contributed by atoms with Crippen LogP contribution in [0.5, 0.6) is 5.75 Å². The lowest BCUT2D eigenvalue weighted by atomic mass is 10.0. The van der Waals surface area contributed by atoms with Crippen LogP contribution in [-0.4, -0.2) is 65.5 Å². The summed E-state index contributed by atoms with van der Waals surface area (Å²) in [6, 6.07) is 8.62. The summed E-state index contributed by atoms with van der Waals surface area (Å²) in [5.74, 6) is 3.54. The first-order chi connectivity index (χ1) is 13.3. The number of thioether (sulfide) groups is 1. The maximum absolute atomic E-state index is 13.0. The molecule has 148 valence electrons. The molecule has 0 unspecified atom stereocenters. The summed E-state index contributed by atoms with van der Waals surface area (Å²) in [4.78, 5) is 17.6. The first-order valence-corrected chi connectivity index (χ1v) is 11.8. The molecule has 27 heavy (non-hydrogen) atoms. The Morgan fingerprint density at radius 2 is 1.63 bits per heavy atom. The molecule has 0 aromatic heterocycles. The van der Waals surface area contributed by atoms with Crippen LogP contribution in [0.15, 0.2) is 24.3 Å². The second kappa shape index (κ2) is 9.33. The summed E-state index contributed by atoms with van der Waals surface area (Å²) in [5, 5.41) is 0. The highest BCUT2D eigenvalue weighted by Gasteiger charge is 2.28. The van der Waals surface area contributed by atoms with Crippen molar-refractivity contribution >= 4 is 17.7 Å². The molecule has 4 nitrogen and oxygen atoms in total. The number of rotatable bonds is 4. The number of carbonyl (C=O) groups is 1. The largest absolute Gasteiger partial charge is 0.489 e. The number of amides is 1. The Labute approximate surface area is 167 Å². The third kappa shape index (κ3) is 4.80. The molecule has 5 heteroatoms. The average Bonchev–Trinajstić information content (AvgIpc) is 2.75. The third-order valence-electron chi connectivity index (χ3n) is 6.24. The van der Waals surface area contributed by atoms with E-state index in [0.29, 0.717) is 0 Å². The van der Waals surface area contributed by atoms with Crippen LogP contribution in [-0.2, 0) is 0 Å². The van der Waals surface area contributed by atoms with Gasteiger partial charge in [-0.1, -0.05) is 12.1 Å². The van der Waals surface area contributed by atoms with Gasteiger partial charge in [-0.05, 0) is 68.6 Å². The number of likely N-dealkylation sites (tertiary alicyclic amines) is 2. The lowest BCUT2D eigenvalue weighted by molar-refractivity contribution is 0.0659. The van der Waals surface area contributed by atoms with E-state index < -0.39 is 0 Å². The van der Waals surface area contributed by atoms with Crippen LogP contribution in [0.3, 0.4) is 0 Å². The monoisotopic (exact) mass is 388 g/mol. The summed E-state index contributed by atoms with van der Waals surface area (Å²) in [6.45, 7) is 4.01. The number of piperidine rings is 2. The Morgan fingerprint density at radius 3 is 2.37 bits per heavy atom. The van der Waals surface area contributed by atoms with Gasteiger partial charge in [0.15, 0.2) is 0 Å². The van der Waals surface area contributed by atoms with Gasteiger partial charge in [0.1, 0.15) is 11.9 Å². The van der Waals surface area contributed by atoms with Crippen LogP contribution >= 0.6 is 11.8 Å². The smallest absolute Gasteiger partial charge is 0.257 e. The minimum absolute atomic E-state index is 0.141. The van der Waals surface area contributed by atoms with E-state index in [9.17, 15) is 4.79 Å². The Kier molecular flexibility index (Phi) is 6.61. The van der Waals surface area contributed by atoms with Crippen molar-refractivity contribution in [3.8, 4) is 5.75 Å². The summed E-state index contributed by atoms with van der Waals surface area (Å²) in [5.41, 5.74) is 0.742. The second-order valence-corrected chi connectivity index (χ2v) is 9.27. The van der Waals surface area contributed by atoms with Crippen molar-refractivity contribution in [1.29, 1.82) is 0 Å². The van der Waals surface area contributed by atoms with Gasteiger partial charge < -0.3 is 14.5 Å². The Morgan fingerprint density at radius 1 is 0.926 bits per heavy atom. The van der Waals surface area contributed by atoms with Gasteiger partial charge in [0.25, 0.3) is 5.91 Å². The molecule has 0 radical (unpaired) electrons. The van der Waals surface area contributed by atoms with Crippen molar-refractivity contribution in [2.45, 2.75) is 57.1 Å². The van der Waals surface area contributed by atoms with Gasteiger partial charge in [0.2, 0.25) is 0 Å². The van der Waals surface area contributed by atoms with E-state index in [4.69, 9.17) is 4.74 Å². The van der Waals surface area contributed by atoms with Crippen molar-refractivity contribution in [2.75, 3.05) is 37.7 Å². The van der Waals surface area contributed by atoms with E-state index in [0.717, 1.165) is 69.2 Å². The van der Waals surface area contributed by atoms with Gasteiger partial charge in [-0.2, -0.15) is 11.8 Å². The van der Waals surface area contributed by atoms with Crippen LogP contribution in [0.2, 0.25) is 0 Å². The first kappa shape index (κ1) is 19.1. The fourth-order valence-corrected chi connectivity index (χ4v) is 5.68. The van der Waals surface area contributed by atoms with Gasteiger partial charge in [0, 0.05) is 32.2 Å². The highest BCUT2D eigenvalue weighted by atomic mass is 32.2. The van der Waals surface area contributed by atoms with E-state index in [1.807, 2.05) is 29.2 Å². The zero-order chi connectivity index (χ0) is 18.5. The van der Waals surface area contributed by atoms with Gasteiger partial charge in [0.05, 0.1) is 5.56 Å². The van der Waals surface area contributed by atoms with Gasteiger partial charge in [-0.15, -0.1) is 0 Å². The van der Waals surface area contributed by atoms with Gasteiger partial charge in [-0.25, -0.2) is 0 Å². The maximum Gasteiger partial charge on any atom is 0.257 e. The predicted octanol–water partition coefficient (Wildman–Crippen LogP) is 4.05. The van der Waals surface area contributed by atoms with Crippen molar-refractivity contribution < 1.29 is 9.53 Å². The number of ether oxygens (including phenoxy) is 1. The molecule has 0 N–H and O–H groups in total. The molecule has 0 atom stereocenters. The third-order valence-corrected chi connectivity index (χ3v) is 7.29. The topological polar surface area (TPSA) is 32.8 Å². The van der Waals surface area contributed by atoms with Crippen LogP contribution in [0, 0.1) is 0 Å². The number of hydrogen-bond donors (Lipinski definition) is 0. The second-order valence-electron chi connectivity index (χ2n) is 8.05. The quantitative estimate of drug-likeness (QED) is 0.779. The first-order valence-electron chi connectivity index (χ1n) is 10.7. The molecule has 0 spiro atoms. The minimum atomic E-state index is 0.141. The van der Waals surface area contributed by atoms with Gasteiger partial charge >= 0.3 is 0 Å². The molecule has 1 aromatic carbocycles. The highest BCUT2D eigenvalue weighted by molar-refractivity contribution is 7.99. The van der Waals surface area contributed by atoms with E-state index in [1.54, 1.807) is 0 Å². The zero-order valence-electron chi connectivity index (χ0n) is 16.3. The van der Waals surface area contributed by atoms with Crippen LogP contribution in [0.4, 0.5) is 0 Å². The highest BCUT2D eigenvalue weighted by Crippen LogP contribution is 2.28. The van der Waals surface area contributed by atoms with Crippen LogP contribution in [0.1, 0.15) is 55.3 Å². The predicted molar refractivity (Wildman–Crippen MR) is 112 cm³/mol. The molecule has 3 aliphatic heterocycles. The molecule has 4 rings (SSSR count). The summed E-state index contributed by atoms with van der Waals surface area (Å²) < 4.78 is 6.36. The number of benzene rings is 1. The molecular weight excluding hydrogens is 356 g/mol. The van der Waals surface area contributed by atoms with E-state index >= 15 is 0 Å².